The average molecular weight is 312 g/mol. The highest BCUT2D eigenvalue weighted by molar-refractivity contribution is 6.87. The Morgan fingerprint density at radius 1 is 0.955 bits per heavy atom. The van der Waals surface area contributed by atoms with Crippen LogP contribution >= 0.6 is 0 Å². The SMILES string of the molecule is CC[Si]1(CC)OC(c2ccc(N(C)C)cc2)c2ccccc21. The van der Waals surface area contributed by atoms with Crippen molar-refractivity contribution >= 4 is 19.2 Å². The summed E-state index contributed by atoms with van der Waals surface area (Å²) in [4.78, 5) is 2.13. The van der Waals surface area contributed by atoms with Crippen molar-refractivity contribution in [2.45, 2.75) is 32.0 Å². The Kier molecular flexibility index (Phi) is 4.11. The van der Waals surface area contributed by atoms with Crippen LogP contribution in [0.3, 0.4) is 0 Å². The summed E-state index contributed by atoms with van der Waals surface area (Å²) in [6.07, 6.45) is 0.110. The van der Waals surface area contributed by atoms with Gasteiger partial charge in [0.1, 0.15) is 0 Å². The topological polar surface area (TPSA) is 12.5 Å². The zero-order chi connectivity index (χ0) is 15.7. The van der Waals surface area contributed by atoms with Crippen LogP contribution in [0.5, 0.6) is 0 Å². The molecule has 0 saturated carbocycles. The predicted octanol–water partition coefficient (Wildman–Crippen LogP) is 4.06. The monoisotopic (exact) mass is 311 g/mol. The summed E-state index contributed by atoms with van der Waals surface area (Å²) in [5.41, 5.74) is 3.88. The van der Waals surface area contributed by atoms with E-state index in [1.54, 1.807) is 0 Å². The largest absolute Gasteiger partial charge is 0.401 e. The molecule has 2 aromatic carbocycles. The second-order valence-corrected chi connectivity index (χ2v) is 10.4. The van der Waals surface area contributed by atoms with Gasteiger partial charge in [0.05, 0.1) is 6.10 Å². The second kappa shape index (κ2) is 5.90. The Labute approximate surface area is 134 Å². The van der Waals surface area contributed by atoms with Crippen LogP contribution in [0.4, 0.5) is 5.69 Å². The molecule has 1 unspecified atom stereocenters. The molecule has 2 aromatic rings. The smallest absolute Gasteiger partial charge is 0.225 e. The van der Waals surface area contributed by atoms with Gasteiger partial charge in [0.15, 0.2) is 0 Å². The molecule has 0 aliphatic carbocycles. The van der Waals surface area contributed by atoms with Gasteiger partial charge in [-0.1, -0.05) is 50.2 Å². The minimum absolute atomic E-state index is 0.110. The van der Waals surface area contributed by atoms with Crippen molar-refractivity contribution in [2.75, 3.05) is 19.0 Å². The van der Waals surface area contributed by atoms with Crippen molar-refractivity contribution in [1.29, 1.82) is 0 Å². The van der Waals surface area contributed by atoms with Gasteiger partial charge >= 0.3 is 0 Å². The molecular formula is C19H25NOSi. The molecule has 1 aliphatic heterocycles. The standard InChI is InChI=1S/C19H25NOSi/c1-5-22(6-2)18-10-8-7-9-17(18)19(21-22)15-11-13-16(14-12-15)20(3)4/h7-14,19H,5-6H2,1-4H3. The van der Waals surface area contributed by atoms with E-state index in [2.05, 4.69) is 81.4 Å². The third-order valence-corrected chi connectivity index (χ3v) is 9.34. The molecule has 0 N–H and O–H groups in total. The van der Waals surface area contributed by atoms with Crippen LogP contribution in [0.2, 0.25) is 12.1 Å². The van der Waals surface area contributed by atoms with Gasteiger partial charge < -0.3 is 9.33 Å². The summed E-state index contributed by atoms with van der Waals surface area (Å²) in [6, 6.07) is 19.9. The molecule has 0 spiro atoms. The summed E-state index contributed by atoms with van der Waals surface area (Å²) >= 11 is 0. The molecule has 22 heavy (non-hydrogen) atoms. The number of hydrogen-bond donors (Lipinski definition) is 0. The van der Waals surface area contributed by atoms with E-state index in [1.165, 1.54) is 22.0 Å². The van der Waals surface area contributed by atoms with E-state index >= 15 is 0 Å². The van der Waals surface area contributed by atoms with Crippen molar-refractivity contribution < 1.29 is 4.43 Å². The van der Waals surface area contributed by atoms with Gasteiger partial charge in [-0.15, -0.1) is 0 Å². The van der Waals surface area contributed by atoms with Crippen LogP contribution < -0.4 is 10.1 Å². The van der Waals surface area contributed by atoms with Gasteiger partial charge in [-0.25, -0.2) is 0 Å². The van der Waals surface area contributed by atoms with Crippen molar-refractivity contribution in [3.05, 3.63) is 59.7 Å². The molecule has 1 atom stereocenters. The number of fused-ring (bicyclic) bond motifs is 1. The fourth-order valence-corrected chi connectivity index (χ4v) is 7.06. The van der Waals surface area contributed by atoms with Gasteiger partial charge in [0, 0.05) is 19.8 Å². The lowest BCUT2D eigenvalue weighted by molar-refractivity contribution is 0.253. The Hall–Kier alpha value is -1.58. The fourth-order valence-electron chi connectivity index (χ4n) is 3.49. The number of anilines is 1. The molecule has 1 heterocycles. The molecule has 0 radical (unpaired) electrons. The van der Waals surface area contributed by atoms with Gasteiger partial charge in [0.25, 0.3) is 0 Å². The fraction of sp³-hybridized carbons (Fsp3) is 0.368. The minimum Gasteiger partial charge on any atom is -0.401 e. The maximum Gasteiger partial charge on any atom is 0.225 e. The minimum atomic E-state index is -1.79. The first-order chi connectivity index (χ1) is 10.6. The maximum atomic E-state index is 6.73. The molecule has 0 bridgehead atoms. The zero-order valence-electron chi connectivity index (χ0n) is 14.0. The van der Waals surface area contributed by atoms with Gasteiger partial charge in [0.2, 0.25) is 8.32 Å². The maximum absolute atomic E-state index is 6.73. The third kappa shape index (κ3) is 2.38. The number of hydrogen-bond acceptors (Lipinski definition) is 2. The van der Waals surface area contributed by atoms with Crippen LogP contribution in [0, 0.1) is 0 Å². The first-order valence-electron chi connectivity index (χ1n) is 8.16. The predicted molar refractivity (Wildman–Crippen MR) is 96.5 cm³/mol. The summed E-state index contributed by atoms with van der Waals surface area (Å²) in [7, 11) is 2.35. The highest BCUT2D eigenvalue weighted by atomic mass is 28.4. The van der Waals surface area contributed by atoms with Gasteiger partial charge in [-0.05, 0) is 40.5 Å². The first kappa shape index (κ1) is 15.3. The lowest BCUT2D eigenvalue weighted by Crippen LogP contribution is -2.45. The molecule has 0 aromatic heterocycles. The van der Waals surface area contributed by atoms with Crippen molar-refractivity contribution in [1.82, 2.24) is 0 Å². The molecule has 0 fully saturated rings. The van der Waals surface area contributed by atoms with Gasteiger partial charge in [-0.2, -0.15) is 0 Å². The lowest BCUT2D eigenvalue weighted by atomic mass is 10.0. The number of benzene rings is 2. The summed E-state index contributed by atoms with van der Waals surface area (Å²) in [6.45, 7) is 4.56. The van der Waals surface area contributed by atoms with Gasteiger partial charge in [-0.3, -0.25) is 0 Å². The summed E-state index contributed by atoms with van der Waals surface area (Å²) in [5.74, 6) is 0. The average Bonchev–Trinajstić information content (AvgIpc) is 2.90. The molecule has 3 rings (SSSR count). The van der Waals surface area contributed by atoms with Crippen LogP contribution in [0.25, 0.3) is 0 Å². The molecule has 0 saturated heterocycles. The van der Waals surface area contributed by atoms with Crippen molar-refractivity contribution in [3.8, 4) is 0 Å². The Morgan fingerprint density at radius 2 is 1.59 bits per heavy atom. The first-order valence-corrected chi connectivity index (χ1v) is 10.5. The Bertz CT molecular complexity index is 647. The van der Waals surface area contributed by atoms with Crippen molar-refractivity contribution in [3.63, 3.8) is 0 Å². The summed E-state index contributed by atoms with van der Waals surface area (Å²) in [5, 5.41) is 1.50. The lowest BCUT2D eigenvalue weighted by Gasteiger charge is -2.25. The van der Waals surface area contributed by atoms with E-state index in [0.717, 1.165) is 12.1 Å². The molecule has 1 aliphatic rings. The van der Waals surface area contributed by atoms with E-state index in [0.29, 0.717) is 0 Å². The molecule has 0 amide bonds. The highest BCUT2D eigenvalue weighted by Crippen LogP contribution is 2.38. The second-order valence-electron chi connectivity index (χ2n) is 6.27. The molecule has 3 heteroatoms. The van der Waals surface area contributed by atoms with E-state index in [-0.39, 0.29) is 6.10 Å². The number of nitrogens with zero attached hydrogens (tertiary/aromatic N) is 1. The van der Waals surface area contributed by atoms with Crippen LogP contribution in [0.1, 0.15) is 31.1 Å². The normalized spacial score (nSPS) is 19.0. The quantitative estimate of drug-likeness (QED) is 0.789. The van der Waals surface area contributed by atoms with Crippen LogP contribution in [-0.2, 0) is 4.43 Å². The summed E-state index contributed by atoms with van der Waals surface area (Å²) < 4.78 is 6.73. The van der Waals surface area contributed by atoms with Crippen LogP contribution in [-0.4, -0.2) is 22.4 Å². The Morgan fingerprint density at radius 3 is 2.18 bits per heavy atom. The highest BCUT2D eigenvalue weighted by Gasteiger charge is 2.45. The third-order valence-electron chi connectivity index (χ3n) is 4.93. The molecular weight excluding hydrogens is 286 g/mol. The van der Waals surface area contributed by atoms with Crippen molar-refractivity contribution in [2.24, 2.45) is 0 Å². The number of rotatable bonds is 4. The molecule has 116 valence electrons. The Balaban J connectivity index is 2.02. The van der Waals surface area contributed by atoms with E-state index in [4.69, 9.17) is 4.43 Å². The molecule has 2 nitrogen and oxygen atoms in total. The van der Waals surface area contributed by atoms with E-state index in [9.17, 15) is 0 Å². The zero-order valence-corrected chi connectivity index (χ0v) is 15.0. The van der Waals surface area contributed by atoms with E-state index < -0.39 is 8.32 Å². The van der Waals surface area contributed by atoms with E-state index in [1.807, 2.05) is 0 Å². The van der Waals surface area contributed by atoms with Crippen LogP contribution in [0.15, 0.2) is 48.5 Å².